The Labute approximate surface area is 152 Å². The molecule has 2 aromatic rings. The van der Waals surface area contributed by atoms with Crippen molar-refractivity contribution in [1.82, 2.24) is 15.8 Å². The Morgan fingerprint density at radius 3 is 2.73 bits per heavy atom. The summed E-state index contributed by atoms with van der Waals surface area (Å²) in [7, 11) is 3.06. The summed E-state index contributed by atoms with van der Waals surface area (Å²) in [5.74, 6) is 0.372. The van der Waals surface area contributed by atoms with Crippen molar-refractivity contribution < 1.29 is 18.7 Å². The average molecular weight is 357 g/mol. The van der Waals surface area contributed by atoms with Crippen molar-refractivity contribution in [2.75, 3.05) is 20.7 Å². The van der Waals surface area contributed by atoms with Gasteiger partial charge in [0.1, 0.15) is 17.1 Å². The monoisotopic (exact) mass is 357 g/mol. The first-order chi connectivity index (χ1) is 12.5. The molecular formula is C19H23N3O4. The van der Waals surface area contributed by atoms with E-state index < -0.39 is 5.97 Å². The summed E-state index contributed by atoms with van der Waals surface area (Å²) in [5, 5.41) is 0. The summed E-state index contributed by atoms with van der Waals surface area (Å²) in [6, 6.07) is 11.4. The molecule has 2 unspecified atom stereocenters. The number of methoxy groups -OCH3 is 1. The van der Waals surface area contributed by atoms with Gasteiger partial charge < -0.3 is 14.1 Å². The molecule has 1 aliphatic heterocycles. The van der Waals surface area contributed by atoms with E-state index in [0.29, 0.717) is 23.6 Å². The summed E-state index contributed by atoms with van der Waals surface area (Å²) in [6.45, 7) is 2.54. The van der Waals surface area contributed by atoms with E-state index in [4.69, 9.17) is 9.15 Å². The predicted octanol–water partition coefficient (Wildman–Crippen LogP) is 1.80. The van der Waals surface area contributed by atoms with Crippen LogP contribution >= 0.6 is 0 Å². The highest BCUT2D eigenvalue weighted by atomic mass is 16.5. The van der Waals surface area contributed by atoms with Gasteiger partial charge >= 0.3 is 5.97 Å². The SMILES string of the molecule is COC(=O)c1cc(CN(C)C(=O)C2CNNC2c2ccccc2)oc1C. The minimum Gasteiger partial charge on any atom is -0.465 e. The highest BCUT2D eigenvalue weighted by molar-refractivity contribution is 5.90. The quantitative estimate of drug-likeness (QED) is 0.794. The number of amides is 1. The molecule has 7 heteroatoms. The van der Waals surface area contributed by atoms with Crippen LogP contribution in [0.4, 0.5) is 0 Å². The normalized spacial score (nSPS) is 19.3. The fourth-order valence-corrected chi connectivity index (χ4v) is 3.23. The first kappa shape index (κ1) is 18.2. The van der Waals surface area contributed by atoms with E-state index in [9.17, 15) is 9.59 Å². The second-order valence-corrected chi connectivity index (χ2v) is 6.39. The van der Waals surface area contributed by atoms with Crippen LogP contribution in [0.3, 0.4) is 0 Å². The number of carbonyl (C=O) groups excluding carboxylic acids is 2. The zero-order valence-electron chi connectivity index (χ0n) is 15.1. The van der Waals surface area contributed by atoms with E-state index in [-0.39, 0.29) is 24.4 Å². The number of carbonyl (C=O) groups is 2. The van der Waals surface area contributed by atoms with Gasteiger partial charge in [-0.1, -0.05) is 30.3 Å². The standard InChI is InChI=1S/C19H23N3O4/c1-12-15(19(24)25-3)9-14(26-12)11-22(2)18(23)16-10-20-21-17(16)13-7-5-4-6-8-13/h4-9,16-17,20-21H,10-11H2,1-3H3. The number of benzene rings is 1. The van der Waals surface area contributed by atoms with E-state index in [1.54, 1.807) is 24.9 Å². The van der Waals surface area contributed by atoms with E-state index in [0.717, 1.165) is 5.56 Å². The van der Waals surface area contributed by atoms with Crippen molar-refractivity contribution in [3.8, 4) is 0 Å². The van der Waals surface area contributed by atoms with Crippen molar-refractivity contribution >= 4 is 11.9 Å². The minimum atomic E-state index is -0.445. The average Bonchev–Trinajstić information content (AvgIpc) is 3.28. The van der Waals surface area contributed by atoms with Crippen molar-refractivity contribution in [3.05, 3.63) is 59.0 Å². The molecule has 2 atom stereocenters. The second kappa shape index (κ2) is 7.72. The number of hydrazine groups is 1. The summed E-state index contributed by atoms with van der Waals surface area (Å²) in [5.41, 5.74) is 7.70. The first-order valence-corrected chi connectivity index (χ1v) is 8.47. The molecule has 1 aromatic heterocycles. The van der Waals surface area contributed by atoms with Crippen molar-refractivity contribution in [1.29, 1.82) is 0 Å². The van der Waals surface area contributed by atoms with E-state index in [1.807, 2.05) is 30.3 Å². The van der Waals surface area contributed by atoms with E-state index in [1.165, 1.54) is 7.11 Å². The third-order valence-electron chi connectivity index (χ3n) is 4.60. The molecule has 0 spiro atoms. The van der Waals surface area contributed by atoms with Gasteiger partial charge in [-0.15, -0.1) is 0 Å². The number of aryl methyl sites for hydroxylation is 1. The topological polar surface area (TPSA) is 83.8 Å². The van der Waals surface area contributed by atoms with E-state index in [2.05, 4.69) is 10.9 Å². The van der Waals surface area contributed by atoms with Gasteiger partial charge in [0.2, 0.25) is 5.91 Å². The molecule has 3 rings (SSSR count). The Morgan fingerprint density at radius 2 is 2.04 bits per heavy atom. The van der Waals surface area contributed by atoms with Gasteiger partial charge in [-0.05, 0) is 18.6 Å². The largest absolute Gasteiger partial charge is 0.465 e. The molecular weight excluding hydrogens is 334 g/mol. The van der Waals surface area contributed by atoms with Crippen LogP contribution in [-0.4, -0.2) is 37.5 Å². The van der Waals surface area contributed by atoms with Crippen molar-refractivity contribution in [2.45, 2.75) is 19.5 Å². The fraction of sp³-hybridized carbons (Fsp3) is 0.368. The summed E-state index contributed by atoms with van der Waals surface area (Å²) >= 11 is 0. The molecule has 0 saturated carbocycles. The predicted molar refractivity (Wildman–Crippen MR) is 95.1 cm³/mol. The molecule has 1 amide bonds. The first-order valence-electron chi connectivity index (χ1n) is 8.47. The van der Waals surface area contributed by atoms with Gasteiger partial charge in [-0.25, -0.2) is 10.2 Å². The molecule has 26 heavy (non-hydrogen) atoms. The van der Waals surface area contributed by atoms with Crippen LogP contribution in [0, 0.1) is 12.8 Å². The molecule has 1 saturated heterocycles. The number of furan rings is 1. The van der Waals surface area contributed by atoms with Crippen molar-refractivity contribution in [3.63, 3.8) is 0 Å². The summed E-state index contributed by atoms with van der Waals surface area (Å²) in [4.78, 5) is 26.2. The molecule has 138 valence electrons. The van der Waals surface area contributed by atoms with Gasteiger partial charge in [0, 0.05) is 13.6 Å². The maximum atomic E-state index is 12.9. The van der Waals surface area contributed by atoms with Crippen LogP contribution in [0.2, 0.25) is 0 Å². The number of esters is 1. The molecule has 0 bridgehead atoms. The number of rotatable bonds is 5. The minimum absolute atomic E-state index is 0.00465. The number of nitrogens with one attached hydrogen (secondary N) is 2. The molecule has 2 heterocycles. The third-order valence-corrected chi connectivity index (χ3v) is 4.60. The van der Waals surface area contributed by atoms with E-state index >= 15 is 0 Å². The van der Waals surface area contributed by atoms with Crippen LogP contribution in [0.5, 0.6) is 0 Å². The van der Waals surface area contributed by atoms with Gasteiger partial charge in [0.05, 0.1) is 25.6 Å². The lowest BCUT2D eigenvalue weighted by molar-refractivity contribution is -0.134. The van der Waals surface area contributed by atoms with Crippen LogP contribution in [0.15, 0.2) is 40.8 Å². The van der Waals surface area contributed by atoms with Gasteiger partial charge in [-0.2, -0.15) is 0 Å². The van der Waals surface area contributed by atoms with Gasteiger partial charge in [-0.3, -0.25) is 10.2 Å². The zero-order valence-corrected chi connectivity index (χ0v) is 15.1. The molecule has 2 N–H and O–H groups in total. The number of hydrogen-bond acceptors (Lipinski definition) is 6. The lowest BCUT2D eigenvalue weighted by Crippen LogP contribution is -2.36. The molecule has 7 nitrogen and oxygen atoms in total. The molecule has 0 radical (unpaired) electrons. The highest BCUT2D eigenvalue weighted by Crippen LogP contribution is 2.27. The Hall–Kier alpha value is -2.64. The van der Waals surface area contributed by atoms with Crippen LogP contribution in [0.25, 0.3) is 0 Å². The van der Waals surface area contributed by atoms with Crippen LogP contribution < -0.4 is 10.9 Å². The van der Waals surface area contributed by atoms with Crippen LogP contribution in [-0.2, 0) is 16.1 Å². The molecule has 1 aliphatic rings. The molecule has 1 fully saturated rings. The number of nitrogens with zero attached hydrogens (tertiary/aromatic N) is 1. The Morgan fingerprint density at radius 1 is 1.31 bits per heavy atom. The van der Waals surface area contributed by atoms with Gasteiger partial charge in [0.25, 0.3) is 0 Å². The van der Waals surface area contributed by atoms with Crippen LogP contribution in [0.1, 0.15) is 33.5 Å². The van der Waals surface area contributed by atoms with Crippen molar-refractivity contribution in [2.24, 2.45) is 5.92 Å². The maximum Gasteiger partial charge on any atom is 0.341 e. The molecule has 0 aliphatic carbocycles. The lowest BCUT2D eigenvalue weighted by Gasteiger charge is -2.23. The number of ether oxygens (including phenoxy) is 1. The Bertz CT molecular complexity index is 787. The summed E-state index contributed by atoms with van der Waals surface area (Å²) in [6.07, 6.45) is 0. The Kier molecular flexibility index (Phi) is 5.39. The molecule has 1 aromatic carbocycles. The smallest absolute Gasteiger partial charge is 0.341 e. The zero-order chi connectivity index (χ0) is 18.7. The number of hydrogen-bond donors (Lipinski definition) is 2. The van der Waals surface area contributed by atoms with Gasteiger partial charge in [0.15, 0.2) is 0 Å². The third kappa shape index (κ3) is 3.63. The summed E-state index contributed by atoms with van der Waals surface area (Å²) < 4.78 is 10.3. The maximum absolute atomic E-state index is 12.9. The highest BCUT2D eigenvalue weighted by Gasteiger charge is 2.35. The Balaban J connectivity index is 1.71. The lowest BCUT2D eigenvalue weighted by atomic mass is 9.94. The fourth-order valence-electron chi connectivity index (χ4n) is 3.23. The second-order valence-electron chi connectivity index (χ2n) is 6.39.